The average molecular weight is 551 g/mol. The zero-order valence-electron chi connectivity index (χ0n) is 17.8. The van der Waals surface area contributed by atoms with Gasteiger partial charge in [-0.05, 0) is 48.2 Å². The predicted octanol–water partition coefficient (Wildman–Crippen LogP) is 4.29. The summed E-state index contributed by atoms with van der Waals surface area (Å²) in [6, 6.07) is 10.1. The molecule has 0 radical (unpaired) electrons. The van der Waals surface area contributed by atoms with E-state index in [2.05, 4.69) is 14.7 Å². The molecule has 3 heterocycles. The van der Waals surface area contributed by atoms with E-state index in [0.717, 1.165) is 22.7 Å². The summed E-state index contributed by atoms with van der Waals surface area (Å²) in [6.07, 6.45) is 3.62. The molecule has 176 valence electrons. The smallest absolute Gasteiger partial charge is 0.266 e. The van der Waals surface area contributed by atoms with E-state index in [1.54, 1.807) is 23.5 Å². The molecule has 34 heavy (non-hydrogen) atoms. The van der Waals surface area contributed by atoms with Crippen LogP contribution in [0.2, 0.25) is 0 Å². The van der Waals surface area contributed by atoms with Gasteiger partial charge in [0.05, 0.1) is 9.80 Å². The molecule has 0 aliphatic carbocycles. The highest BCUT2D eigenvalue weighted by Crippen LogP contribution is 2.33. The number of sulfone groups is 1. The monoisotopic (exact) mass is 550 g/mol. The van der Waals surface area contributed by atoms with E-state index in [4.69, 9.17) is 12.2 Å². The Bertz CT molecular complexity index is 1360. The van der Waals surface area contributed by atoms with Crippen LogP contribution in [-0.4, -0.2) is 51.6 Å². The number of carbonyl (C=O) groups is 2. The Balaban J connectivity index is 1.28. The molecule has 0 atom stereocenters. The zero-order chi connectivity index (χ0) is 24.3. The van der Waals surface area contributed by atoms with Crippen LogP contribution in [0.4, 0.5) is 5.13 Å². The SMILES string of the molecule is CS(=O)(=O)c1ccc(-c2nsc(NC(=O)CCCN3C(=O)/C(=C/c4cccs4)SC3=S)n2)cc1. The fraction of sp³-hybridized carbons (Fsp3) is 0.190. The lowest BCUT2D eigenvalue weighted by Crippen LogP contribution is -2.29. The number of hydrogen-bond acceptors (Lipinski definition) is 10. The molecule has 1 saturated heterocycles. The van der Waals surface area contributed by atoms with E-state index in [9.17, 15) is 18.0 Å². The third kappa shape index (κ3) is 5.96. The molecule has 1 N–H and O–H groups in total. The number of thiophene rings is 1. The first-order valence-electron chi connectivity index (χ1n) is 9.93. The second-order valence-corrected chi connectivity index (χ2v) is 12.6. The topological polar surface area (TPSA) is 109 Å². The van der Waals surface area contributed by atoms with Gasteiger partial charge < -0.3 is 5.32 Å². The zero-order valence-corrected chi connectivity index (χ0v) is 21.8. The van der Waals surface area contributed by atoms with Crippen LogP contribution in [0, 0.1) is 0 Å². The minimum Gasteiger partial charge on any atom is -0.301 e. The second kappa shape index (κ2) is 10.4. The van der Waals surface area contributed by atoms with Crippen molar-refractivity contribution in [3.05, 3.63) is 51.6 Å². The van der Waals surface area contributed by atoms with Crippen LogP contribution in [0.5, 0.6) is 0 Å². The van der Waals surface area contributed by atoms with Gasteiger partial charge in [0.2, 0.25) is 11.0 Å². The van der Waals surface area contributed by atoms with Gasteiger partial charge in [-0.25, -0.2) is 8.42 Å². The minimum absolute atomic E-state index is 0.139. The van der Waals surface area contributed by atoms with Gasteiger partial charge in [-0.2, -0.15) is 9.36 Å². The second-order valence-electron chi connectivity index (χ2n) is 7.22. The lowest BCUT2D eigenvalue weighted by Gasteiger charge is -2.13. The molecule has 8 nitrogen and oxygen atoms in total. The summed E-state index contributed by atoms with van der Waals surface area (Å²) in [6.45, 7) is 0.355. The average Bonchev–Trinajstić information content (AvgIpc) is 3.52. The molecule has 2 amide bonds. The highest BCUT2D eigenvalue weighted by molar-refractivity contribution is 8.26. The Morgan fingerprint density at radius 1 is 1.24 bits per heavy atom. The standard InChI is InChI=1S/C21H18N4O4S5/c1-34(28,29)15-8-6-13(7-9-15)18-23-20(33-24-18)22-17(26)5-2-10-25-19(27)16(32-21(25)30)12-14-4-3-11-31-14/h3-4,6-9,11-12H,2,5,10H2,1H3,(H,22,23,24,26)/b16-12-. The van der Waals surface area contributed by atoms with Gasteiger partial charge >= 0.3 is 0 Å². The largest absolute Gasteiger partial charge is 0.301 e. The van der Waals surface area contributed by atoms with E-state index in [0.29, 0.717) is 38.7 Å². The Kier molecular flexibility index (Phi) is 7.57. The van der Waals surface area contributed by atoms with Crippen molar-refractivity contribution in [2.45, 2.75) is 17.7 Å². The molecule has 2 aromatic heterocycles. The number of anilines is 1. The molecule has 0 bridgehead atoms. The number of thioether (sulfide) groups is 1. The van der Waals surface area contributed by atoms with Crippen molar-refractivity contribution in [3.63, 3.8) is 0 Å². The van der Waals surface area contributed by atoms with E-state index in [1.165, 1.54) is 28.8 Å². The number of nitrogens with zero attached hydrogens (tertiary/aromatic N) is 3. The highest BCUT2D eigenvalue weighted by atomic mass is 32.2. The van der Waals surface area contributed by atoms with Crippen LogP contribution in [0.1, 0.15) is 17.7 Å². The number of carbonyl (C=O) groups excluding carboxylic acids is 2. The normalized spacial score (nSPS) is 15.3. The van der Waals surface area contributed by atoms with Crippen molar-refractivity contribution in [2.24, 2.45) is 0 Å². The summed E-state index contributed by atoms with van der Waals surface area (Å²) in [4.78, 5) is 32.6. The van der Waals surface area contributed by atoms with Crippen molar-refractivity contribution in [3.8, 4) is 11.4 Å². The molecule has 13 heteroatoms. The van der Waals surface area contributed by atoms with Crippen molar-refractivity contribution >= 4 is 84.0 Å². The highest BCUT2D eigenvalue weighted by Gasteiger charge is 2.31. The van der Waals surface area contributed by atoms with E-state index >= 15 is 0 Å². The fourth-order valence-corrected chi connectivity index (χ4v) is 6.29. The Hall–Kier alpha value is -2.45. The number of hydrogen-bond donors (Lipinski definition) is 1. The van der Waals surface area contributed by atoms with Crippen LogP contribution in [-0.2, 0) is 19.4 Å². The summed E-state index contributed by atoms with van der Waals surface area (Å²) in [5.41, 5.74) is 0.647. The van der Waals surface area contributed by atoms with Gasteiger partial charge in [-0.3, -0.25) is 14.5 Å². The van der Waals surface area contributed by atoms with Crippen LogP contribution in [0.3, 0.4) is 0 Å². The van der Waals surface area contributed by atoms with E-state index in [-0.39, 0.29) is 23.1 Å². The maximum atomic E-state index is 12.6. The summed E-state index contributed by atoms with van der Waals surface area (Å²) in [5, 5.41) is 5.00. The van der Waals surface area contributed by atoms with Gasteiger partial charge in [0.1, 0.15) is 4.32 Å². The molecule has 0 unspecified atom stereocenters. The van der Waals surface area contributed by atoms with E-state index < -0.39 is 9.84 Å². The first-order chi connectivity index (χ1) is 16.2. The molecule has 4 rings (SSSR count). The Morgan fingerprint density at radius 2 is 2.00 bits per heavy atom. The van der Waals surface area contributed by atoms with Crippen LogP contribution >= 0.6 is 46.8 Å². The maximum Gasteiger partial charge on any atom is 0.266 e. The summed E-state index contributed by atoms with van der Waals surface area (Å²) in [7, 11) is -3.28. The Morgan fingerprint density at radius 3 is 2.68 bits per heavy atom. The summed E-state index contributed by atoms with van der Waals surface area (Å²) >= 11 is 9.19. The van der Waals surface area contributed by atoms with Crippen molar-refractivity contribution < 1.29 is 18.0 Å². The van der Waals surface area contributed by atoms with E-state index in [1.807, 2.05) is 23.6 Å². The first-order valence-corrected chi connectivity index (χ1v) is 14.7. The third-order valence-electron chi connectivity index (χ3n) is 4.69. The molecule has 1 aliphatic heterocycles. The number of benzene rings is 1. The number of amides is 2. The lowest BCUT2D eigenvalue weighted by molar-refractivity contribution is -0.122. The van der Waals surface area contributed by atoms with Crippen LogP contribution < -0.4 is 5.32 Å². The Labute approximate surface area is 214 Å². The van der Waals surface area contributed by atoms with Crippen LogP contribution in [0.25, 0.3) is 17.5 Å². The van der Waals surface area contributed by atoms with Gasteiger partial charge in [-0.1, -0.05) is 30.0 Å². The molecule has 1 fully saturated rings. The lowest BCUT2D eigenvalue weighted by atomic mass is 10.2. The molecule has 1 aromatic carbocycles. The predicted molar refractivity (Wildman–Crippen MR) is 141 cm³/mol. The molecule has 0 saturated carbocycles. The van der Waals surface area contributed by atoms with Gasteiger partial charge in [0, 0.05) is 41.2 Å². The molecular formula is C21H18N4O4S5. The van der Waals surface area contributed by atoms with Crippen molar-refractivity contribution in [2.75, 3.05) is 18.1 Å². The molecule has 3 aromatic rings. The summed E-state index contributed by atoms with van der Waals surface area (Å²) in [5.74, 6) is 0.0182. The minimum atomic E-state index is -3.28. The summed E-state index contributed by atoms with van der Waals surface area (Å²) < 4.78 is 27.9. The van der Waals surface area contributed by atoms with Gasteiger partial charge in [0.15, 0.2) is 15.7 Å². The quantitative estimate of drug-likeness (QED) is 0.327. The maximum absolute atomic E-state index is 12.6. The number of nitrogens with one attached hydrogen (secondary N) is 1. The number of thiocarbonyl (C=S) groups is 1. The van der Waals surface area contributed by atoms with Gasteiger partial charge in [-0.15, -0.1) is 11.3 Å². The van der Waals surface area contributed by atoms with Crippen LogP contribution in [0.15, 0.2) is 51.6 Å². The molecule has 0 spiro atoms. The number of rotatable bonds is 8. The number of aromatic nitrogens is 2. The van der Waals surface area contributed by atoms with Crippen molar-refractivity contribution in [1.82, 2.24) is 14.3 Å². The fourth-order valence-electron chi connectivity index (χ4n) is 3.02. The first kappa shape index (κ1) is 24.7. The van der Waals surface area contributed by atoms with Crippen molar-refractivity contribution in [1.29, 1.82) is 0 Å². The molecular weight excluding hydrogens is 533 g/mol. The third-order valence-corrected chi connectivity index (χ3v) is 8.64. The van der Waals surface area contributed by atoms with Gasteiger partial charge in [0.25, 0.3) is 5.91 Å². The molecule has 1 aliphatic rings.